The largest absolute Gasteiger partial charge is 0.453 e. The number of hydrogen-bond acceptors (Lipinski definition) is 2. The van der Waals surface area contributed by atoms with Gasteiger partial charge in [-0.3, -0.25) is 0 Å². The SMILES string of the molecule is CC(C[N+](C)(C)C1CCCCC1)OC(=O)c1ccccc1Cl. The van der Waals surface area contributed by atoms with Crippen LogP contribution in [0.15, 0.2) is 24.3 Å². The third-order valence-electron chi connectivity index (χ3n) is 4.69. The summed E-state index contributed by atoms with van der Waals surface area (Å²) >= 11 is 6.05. The summed E-state index contributed by atoms with van der Waals surface area (Å²) < 4.78 is 6.52. The van der Waals surface area contributed by atoms with Crippen molar-refractivity contribution in [1.29, 1.82) is 0 Å². The van der Waals surface area contributed by atoms with Gasteiger partial charge >= 0.3 is 5.97 Å². The fourth-order valence-electron chi connectivity index (χ4n) is 3.50. The number of carbonyl (C=O) groups is 1. The molecule has 4 heteroatoms. The van der Waals surface area contributed by atoms with E-state index in [9.17, 15) is 4.79 Å². The summed E-state index contributed by atoms with van der Waals surface area (Å²) in [6.45, 7) is 2.80. The third-order valence-corrected chi connectivity index (χ3v) is 5.02. The van der Waals surface area contributed by atoms with E-state index < -0.39 is 0 Å². The number of nitrogens with zero attached hydrogens (tertiary/aromatic N) is 1. The van der Waals surface area contributed by atoms with Gasteiger partial charge in [-0.25, -0.2) is 4.79 Å². The monoisotopic (exact) mass is 324 g/mol. The predicted octanol–water partition coefficient (Wildman–Crippen LogP) is 4.29. The van der Waals surface area contributed by atoms with Gasteiger partial charge in [0.15, 0.2) is 0 Å². The summed E-state index contributed by atoms with van der Waals surface area (Å²) in [4.78, 5) is 12.2. The van der Waals surface area contributed by atoms with Crippen molar-refractivity contribution in [2.45, 2.75) is 51.2 Å². The maximum Gasteiger partial charge on any atom is 0.340 e. The van der Waals surface area contributed by atoms with Gasteiger partial charge in [0.1, 0.15) is 12.6 Å². The van der Waals surface area contributed by atoms with Crippen molar-refractivity contribution >= 4 is 17.6 Å². The first kappa shape index (κ1) is 17.3. The fraction of sp³-hybridized carbons (Fsp3) is 0.611. The Hall–Kier alpha value is -1.06. The number of ether oxygens (including phenoxy) is 1. The van der Waals surface area contributed by atoms with Gasteiger partial charge in [-0.2, -0.15) is 0 Å². The van der Waals surface area contributed by atoms with E-state index in [1.54, 1.807) is 18.2 Å². The number of esters is 1. The molecule has 0 saturated heterocycles. The van der Waals surface area contributed by atoms with Crippen LogP contribution in [0.1, 0.15) is 49.4 Å². The standard InChI is InChI=1S/C18H27ClNO2/c1-14(13-20(2,3)15-9-5-4-6-10-15)22-18(21)16-11-7-8-12-17(16)19/h7-8,11-12,14-15H,4-6,9-10,13H2,1-3H3/q+1. The Morgan fingerprint density at radius 2 is 1.91 bits per heavy atom. The summed E-state index contributed by atoms with van der Waals surface area (Å²) in [7, 11) is 4.49. The minimum Gasteiger partial charge on any atom is -0.453 e. The number of quaternary nitrogens is 1. The van der Waals surface area contributed by atoms with E-state index in [1.165, 1.54) is 32.1 Å². The van der Waals surface area contributed by atoms with Crippen LogP contribution in [0.5, 0.6) is 0 Å². The lowest BCUT2D eigenvalue weighted by Gasteiger charge is -2.41. The molecule has 3 nitrogen and oxygen atoms in total. The molecule has 22 heavy (non-hydrogen) atoms. The molecular formula is C18H27ClNO2+. The maximum absolute atomic E-state index is 12.2. The first-order chi connectivity index (χ1) is 10.4. The summed E-state index contributed by atoms with van der Waals surface area (Å²) in [5, 5.41) is 0.445. The summed E-state index contributed by atoms with van der Waals surface area (Å²) in [6, 6.07) is 7.71. The van der Waals surface area contributed by atoms with E-state index in [4.69, 9.17) is 16.3 Å². The van der Waals surface area contributed by atoms with Gasteiger partial charge in [-0.15, -0.1) is 0 Å². The van der Waals surface area contributed by atoms with Crippen LogP contribution in [0.3, 0.4) is 0 Å². The minimum atomic E-state index is -0.332. The molecule has 0 radical (unpaired) electrons. The van der Waals surface area contributed by atoms with Crippen LogP contribution in [0.2, 0.25) is 5.02 Å². The Morgan fingerprint density at radius 3 is 2.55 bits per heavy atom. The van der Waals surface area contributed by atoms with E-state index >= 15 is 0 Å². The number of likely N-dealkylation sites (N-methyl/N-ethyl adjacent to an activating group) is 1. The van der Waals surface area contributed by atoms with Crippen molar-refractivity contribution in [2.24, 2.45) is 0 Å². The molecule has 1 fully saturated rings. The molecule has 1 aromatic carbocycles. The maximum atomic E-state index is 12.2. The van der Waals surface area contributed by atoms with Crippen molar-refractivity contribution in [3.05, 3.63) is 34.9 Å². The van der Waals surface area contributed by atoms with Crippen LogP contribution in [-0.4, -0.2) is 43.2 Å². The molecule has 0 heterocycles. The van der Waals surface area contributed by atoms with Gasteiger partial charge in [-0.05, 0) is 44.7 Å². The molecule has 0 N–H and O–H groups in total. The normalized spacial score (nSPS) is 18.0. The van der Waals surface area contributed by atoms with E-state index in [2.05, 4.69) is 14.1 Å². The van der Waals surface area contributed by atoms with E-state index in [-0.39, 0.29) is 12.1 Å². The van der Waals surface area contributed by atoms with Gasteiger partial charge in [0.25, 0.3) is 0 Å². The first-order valence-corrected chi connectivity index (χ1v) is 8.56. The molecule has 1 aromatic rings. The number of halogens is 1. The minimum absolute atomic E-state index is 0.124. The molecule has 1 atom stereocenters. The van der Waals surface area contributed by atoms with Gasteiger partial charge in [0.05, 0.1) is 30.7 Å². The molecule has 0 aromatic heterocycles. The first-order valence-electron chi connectivity index (χ1n) is 8.18. The van der Waals surface area contributed by atoms with Crippen LogP contribution < -0.4 is 0 Å². The average Bonchev–Trinajstić information content (AvgIpc) is 2.47. The van der Waals surface area contributed by atoms with E-state index in [0.29, 0.717) is 16.6 Å². The molecule has 2 rings (SSSR count). The smallest absolute Gasteiger partial charge is 0.340 e. The van der Waals surface area contributed by atoms with Crippen LogP contribution in [0.25, 0.3) is 0 Å². The number of carbonyl (C=O) groups excluding carboxylic acids is 1. The molecular weight excluding hydrogens is 298 g/mol. The molecule has 1 saturated carbocycles. The molecule has 0 amide bonds. The second kappa shape index (κ2) is 7.47. The van der Waals surface area contributed by atoms with Crippen LogP contribution >= 0.6 is 11.6 Å². The zero-order chi connectivity index (χ0) is 16.2. The third kappa shape index (κ3) is 4.47. The summed E-state index contributed by atoms with van der Waals surface area (Å²) in [5.74, 6) is -0.332. The average molecular weight is 325 g/mol. The Bertz CT molecular complexity index is 510. The molecule has 1 aliphatic carbocycles. The van der Waals surface area contributed by atoms with Crippen molar-refractivity contribution in [3.8, 4) is 0 Å². The van der Waals surface area contributed by atoms with Gasteiger partial charge in [0, 0.05) is 0 Å². The van der Waals surface area contributed by atoms with Crippen LogP contribution in [0.4, 0.5) is 0 Å². The number of rotatable bonds is 5. The molecule has 0 spiro atoms. The molecule has 122 valence electrons. The highest BCUT2D eigenvalue weighted by molar-refractivity contribution is 6.33. The van der Waals surface area contributed by atoms with Crippen LogP contribution in [0, 0.1) is 0 Å². The lowest BCUT2D eigenvalue weighted by atomic mass is 9.93. The molecule has 0 aliphatic heterocycles. The molecule has 1 unspecified atom stereocenters. The Morgan fingerprint density at radius 1 is 1.27 bits per heavy atom. The second-order valence-corrected chi connectivity index (χ2v) is 7.36. The highest BCUT2D eigenvalue weighted by Gasteiger charge is 2.32. The van der Waals surface area contributed by atoms with E-state index in [0.717, 1.165) is 11.0 Å². The Labute approximate surface area is 138 Å². The quantitative estimate of drug-likeness (QED) is 0.596. The zero-order valence-corrected chi connectivity index (χ0v) is 14.6. The van der Waals surface area contributed by atoms with Gasteiger partial charge in [0.2, 0.25) is 0 Å². The van der Waals surface area contributed by atoms with Crippen molar-refractivity contribution in [3.63, 3.8) is 0 Å². The number of benzene rings is 1. The van der Waals surface area contributed by atoms with Crippen molar-refractivity contribution in [2.75, 3.05) is 20.6 Å². The Balaban J connectivity index is 1.93. The van der Waals surface area contributed by atoms with Crippen LogP contribution in [-0.2, 0) is 4.74 Å². The lowest BCUT2D eigenvalue weighted by molar-refractivity contribution is -0.918. The highest BCUT2D eigenvalue weighted by atomic mass is 35.5. The molecule has 0 bridgehead atoms. The highest BCUT2D eigenvalue weighted by Crippen LogP contribution is 2.26. The van der Waals surface area contributed by atoms with E-state index in [1.807, 2.05) is 13.0 Å². The molecule has 1 aliphatic rings. The topological polar surface area (TPSA) is 26.3 Å². The van der Waals surface area contributed by atoms with Crippen molar-refractivity contribution in [1.82, 2.24) is 0 Å². The zero-order valence-electron chi connectivity index (χ0n) is 13.8. The van der Waals surface area contributed by atoms with Gasteiger partial charge in [-0.1, -0.05) is 30.2 Å². The summed E-state index contributed by atoms with van der Waals surface area (Å²) in [5.41, 5.74) is 0.444. The number of hydrogen-bond donors (Lipinski definition) is 0. The summed E-state index contributed by atoms with van der Waals surface area (Å²) in [6.07, 6.45) is 6.42. The van der Waals surface area contributed by atoms with Gasteiger partial charge < -0.3 is 9.22 Å². The van der Waals surface area contributed by atoms with Crippen molar-refractivity contribution < 1.29 is 14.0 Å². The Kier molecular flexibility index (Phi) is 5.87. The lowest BCUT2D eigenvalue weighted by Crippen LogP contribution is -2.53. The second-order valence-electron chi connectivity index (χ2n) is 6.95. The predicted molar refractivity (Wildman–Crippen MR) is 90.2 cm³/mol. The fourth-order valence-corrected chi connectivity index (χ4v) is 3.71.